The van der Waals surface area contributed by atoms with Crippen LogP contribution in [0.25, 0.3) is 0 Å². The second-order valence-electron chi connectivity index (χ2n) is 4.93. The van der Waals surface area contributed by atoms with Gasteiger partial charge in [0.05, 0.1) is 11.7 Å². The van der Waals surface area contributed by atoms with E-state index >= 15 is 0 Å². The zero-order chi connectivity index (χ0) is 15.5. The minimum absolute atomic E-state index is 0.0544. The van der Waals surface area contributed by atoms with Crippen molar-refractivity contribution in [2.24, 2.45) is 5.92 Å². The summed E-state index contributed by atoms with van der Waals surface area (Å²) in [5, 5.41) is 0. The van der Waals surface area contributed by atoms with Gasteiger partial charge in [-0.15, -0.1) is 0 Å². The van der Waals surface area contributed by atoms with E-state index in [1.165, 1.54) is 0 Å². The summed E-state index contributed by atoms with van der Waals surface area (Å²) in [5.41, 5.74) is -0.0544. The first kappa shape index (κ1) is 16.9. The molecule has 0 N–H and O–H groups in total. The van der Waals surface area contributed by atoms with Crippen LogP contribution in [0.2, 0.25) is 0 Å². The van der Waals surface area contributed by atoms with E-state index in [2.05, 4.69) is 0 Å². The summed E-state index contributed by atoms with van der Waals surface area (Å²) in [6, 6.07) is 2.91. The van der Waals surface area contributed by atoms with Crippen molar-refractivity contribution in [2.75, 3.05) is 0 Å². The number of ether oxygens (including phenoxy) is 1. The molecule has 112 valence electrons. The lowest BCUT2D eigenvalue weighted by Gasteiger charge is -2.15. The summed E-state index contributed by atoms with van der Waals surface area (Å²) in [6.07, 6.45) is 0.358. The molecule has 0 bridgehead atoms. The standard InChI is InChI=1S/C13H16ClFO4S/c1-8(2)6-9(3)19-13(16)10-4-5-11(15)12(7-10)20(14,17)18/h4-5,7-9H,6H2,1-3H3. The fourth-order valence-electron chi connectivity index (χ4n) is 1.78. The molecular formula is C13H16ClFO4S. The Morgan fingerprint density at radius 2 is 1.95 bits per heavy atom. The molecule has 0 saturated carbocycles. The van der Waals surface area contributed by atoms with Gasteiger partial charge in [0, 0.05) is 10.7 Å². The molecule has 1 atom stereocenters. The van der Waals surface area contributed by atoms with Crippen molar-refractivity contribution in [3.05, 3.63) is 29.6 Å². The minimum atomic E-state index is -4.25. The molecule has 0 radical (unpaired) electrons. The highest BCUT2D eigenvalue weighted by Gasteiger charge is 2.20. The van der Waals surface area contributed by atoms with Gasteiger partial charge in [0.2, 0.25) is 0 Å². The number of rotatable bonds is 5. The predicted octanol–water partition coefficient (Wildman–Crippen LogP) is 3.34. The molecular weight excluding hydrogens is 307 g/mol. The largest absolute Gasteiger partial charge is 0.459 e. The summed E-state index contributed by atoms with van der Waals surface area (Å²) >= 11 is 0. The van der Waals surface area contributed by atoms with Crippen LogP contribution in [0.5, 0.6) is 0 Å². The molecule has 0 spiro atoms. The summed E-state index contributed by atoms with van der Waals surface area (Å²) < 4.78 is 40.8. The number of hydrogen-bond donors (Lipinski definition) is 0. The first-order valence-corrected chi connectivity index (χ1v) is 8.37. The van der Waals surface area contributed by atoms with E-state index in [0.717, 1.165) is 18.2 Å². The number of carbonyl (C=O) groups is 1. The van der Waals surface area contributed by atoms with Gasteiger partial charge in [-0.2, -0.15) is 0 Å². The summed E-state index contributed by atoms with van der Waals surface area (Å²) in [7, 11) is 0.848. The maximum absolute atomic E-state index is 13.3. The van der Waals surface area contributed by atoms with Crippen molar-refractivity contribution in [1.82, 2.24) is 0 Å². The van der Waals surface area contributed by atoms with Gasteiger partial charge in [0.25, 0.3) is 9.05 Å². The number of esters is 1. The molecule has 7 heteroatoms. The molecule has 20 heavy (non-hydrogen) atoms. The molecule has 1 aromatic rings. The van der Waals surface area contributed by atoms with Crippen molar-refractivity contribution in [2.45, 2.75) is 38.2 Å². The van der Waals surface area contributed by atoms with Crippen LogP contribution in [0.3, 0.4) is 0 Å². The van der Waals surface area contributed by atoms with Gasteiger partial charge in [-0.05, 0) is 37.5 Å². The maximum Gasteiger partial charge on any atom is 0.338 e. The van der Waals surface area contributed by atoms with Crippen LogP contribution in [-0.2, 0) is 13.8 Å². The average Bonchev–Trinajstić information content (AvgIpc) is 2.26. The third-order valence-electron chi connectivity index (χ3n) is 2.54. The number of carbonyl (C=O) groups excluding carboxylic acids is 1. The Hall–Kier alpha value is -1.14. The third-order valence-corrected chi connectivity index (χ3v) is 3.88. The van der Waals surface area contributed by atoms with Crippen molar-refractivity contribution < 1.29 is 22.3 Å². The van der Waals surface area contributed by atoms with E-state index in [-0.39, 0.29) is 11.7 Å². The van der Waals surface area contributed by atoms with Gasteiger partial charge in [-0.1, -0.05) is 13.8 Å². The molecule has 0 amide bonds. The van der Waals surface area contributed by atoms with Gasteiger partial charge < -0.3 is 4.74 Å². The molecule has 1 unspecified atom stereocenters. The Morgan fingerprint density at radius 3 is 2.45 bits per heavy atom. The zero-order valence-electron chi connectivity index (χ0n) is 11.4. The lowest BCUT2D eigenvalue weighted by molar-refractivity contribution is 0.0299. The van der Waals surface area contributed by atoms with Gasteiger partial charge >= 0.3 is 5.97 Å². The fourth-order valence-corrected chi connectivity index (χ4v) is 2.70. The highest BCUT2D eigenvalue weighted by molar-refractivity contribution is 8.13. The maximum atomic E-state index is 13.3. The van der Waals surface area contributed by atoms with Crippen LogP contribution in [0, 0.1) is 11.7 Å². The van der Waals surface area contributed by atoms with E-state index in [1.54, 1.807) is 6.92 Å². The highest BCUT2D eigenvalue weighted by atomic mass is 35.7. The van der Waals surface area contributed by atoms with E-state index in [1.807, 2.05) is 13.8 Å². The number of hydrogen-bond acceptors (Lipinski definition) is 4. The smallest absolute Gasteiger partial charge is 0.338 e. The van der Waals surface area contributed by atoms with Gasteiger partial charge in [-0.25, -0.2) is 17.6 Å². The van der Waals surface area contributed by atoms with Crippen LogP contribution < -0.4 is 0 Å². The predicted molar refractivity (Wildman–Crippen MR) is 73.8 cm³/mol. The molecule has 0 aromatic heterocycles. The molecule has 0 saturated heterocycles. The average molecular weight is 323 g/mol. The second-order valence-corrected chi connectivity index (χ2v) is 7.46. The van der Waals surface area contributed by atoms with Gasteiger partial charge in [0.1, 0.15) is 10.7 Å². The Bertz CT molecular complexity index is 598. The third kappa shape index (κ3) is 4.76. The molecule has 0 aliphatic rings. The lowest BCUT2D eigenvalue weighted by Crippen LogP contribution is -2.17. The van der Waals surface area contributed by atoms with Crippen molar-refractivity contribution in [3.8, 4) is 0 Å². The van der Waals surface area contributed by atoms with E-state index < -0.39 is 25.7 Å². The summed E-state index contributed by atoms with van der Waals surface area (Å²) in [6.45, 7) is 5.71. The van der Waals surface area contributed by atoms with Crippen molar-refractivity contribution in [3.63, 3.8) is 0 Å². The first-order valence-electron chi connectivity index (χ1n) is 6.06. The van der Waals surface area contributed by atoms with E-state index in [4.69, 9.17) is 15.4 Å². The molecule has 1 aromatic carbocycles. The van der Waals surface area contributed by atoms with Crippen LogP contribution >= 0.6 is 10.7 Å². The van der Waals surface area contributed by atoms with Crippen LogP contribution in [-0.4, -0.2) is 20.5 Å². The fraction of sp³-hybridized carbons (Fsp3) is 0.462. The Kier molecular flexibility index (Phi) is 5.53. The SMILES string of the molecule is CC(C)CC(C)OC(=O)c1ccc(F)c(S(=O)(=O)Cl)c1. The highest BCUT2D eigenvalue weighted by Crippen LogP contribution is 2.21. The Labute approximate surface area is 122 Å². The van der Waals surface area contributed by atoms with Crippen LogP contribution in [0.4, 0.5) is 4.39 Å². The molecule has 0 aliphatic heterocycles. The topological polar surface area (TPSA) is 60.4 Å². The van der Waals surface area contributed by atoms with Gasteiger partial charge in [-0.3, -0.25) is 0 Å². The van der Waals surface area contributed by atoms with Gasteiger partial charge in [0.15, 0.2) is 0 Å². The Morgan fingerprint density at radius 1 is 1.35 bits per heavy atom. The molecule has 0 fully saturated rings. The summed E-state index contributed by atoms with van der Waals surface area (Å²) in [4.78, 5) is 11.1. The minimum Gasteiger partial charge on any atom is -0.459 e. The van der Waals surface area contributed by atoms with E-state index in [0.29, 0.717) is 12.3 Å². The van der Waals surface area contributed by atoms with Crippen LogP contribution in [0.15, 0.2) is 23.1 Å². The first-order chi connectivity index (χ1) is 9.11. The van der Waals surface area contributed by atoms with E-state index in [9.17, 15) is 17.6 Å². The molecule has 0 heterocycles. The monoisotopic (exact) mass is 322 g/mol. The normalized spacial score (nSPS) is 13.3. The summed E-state index contributed by atoms with van der Waals surface area (Å²) in [5.74, 6) is -1.36. The molecule has 0 aliphatic carbocycles. The molecule has 4 nitrogen and oxygen atoms in total. The quantitative estimate of drug-likeness (QED) is 0.616. The Balaban J connectivity index is 2.95. The lowest BCUT2D eigenvalue weighted by atomic mass is 10.1. The number of benzene rings is 1. The van der Waals surface area contributed by atoms with Crippen molar-refractivity contribution >= 4 is 25.7 Å². The molecule has 1 rings (SSSR count). The number of halogens is 2. The zero-order valence-corrected chi connectivity index (χ0v) is 13.0. The second kappa shape index (κ2) is 6.54. The van der Waals surface area contributed by atoms with Crippen LogP contribution in [0.1, 0.15) is 37.6 Å². The van der Waals surface area contributed by atoms with Crippen molar-refractivity contribution in [1.29, 1.82) is 0 Å².